The van der Waals surface area contributed by atoms with Crippen LogP contribution < -0.4 is 16.6 Å². The molecule has 0 saturated heterocycles. The fourth-order valence-corrected chi connectivity index (χ4v) is 1.80. The van der Waals surface area contributed by atoms with E-state index in [1.54, 1.807) is 12.1 Å². The van der Waals surface area contributed by atoms with Gasteiger partial charge in [0.05, 0.1) is 10.5 Å². The fraction of sp³-hybridized carbons (Fsp3) is 0. The molecule has 0 spiro atoms. The first-order valence-corrected chi connectivity index (χ1v) is 7.22. The summed E-state index contributed by atoms with van der Waals surface area (Å²) in [6.07, 6.45) is 0. The molecule has 8 heteroatoms. The Balaban J connectivity index is 0.000000211. The Morgan fingerprint density at radius 3 is 1.57 bits per heavy atom. The fourth-order valence-electron chi connectivity index (χ4n) is 1.28. The van der Waals surface area contributed by atoms with Crippen LogP contribution in [0.1, 0.15) is 10.4 Å². The molecule has 21 heavy (non-hydrogen) atoms. The number of hydrogen-bond donors (Lipinski definition) is 4. The number of sulfonamides is 1. The second kappa shape index (κ2) is 6.73. The molecule has 7 N–H and O–H groups in total. The summed E-state index contributed by atoms with van der Waals surface area (Å²) < 4.78 is 21.4. The SMILES string of the molecule is Nc1ccc(C(=O)O)cc1.Nc1ccc(S(N)(=O)=O)cc1. The van der Waals surface area contributed by atoms with Crippen LogP contribution in [0.3, 0.4) is 0 Å². The molecule has 112 valence electrons. The van der Waals surface area contributed by atoms with Crippen molar-refractivity contribution in [2.24, 2.45) is 5.14 Å². The molecule has 0 unspecified atom stereocenters. The number of carboxylic acids is 1. The molecule has 0 saturated carbocycles. The Morgan fingerprint density at radius 2 is 1.24 bits per heavy atom. The van der Waals surface area contributed by atoms with E-state index in [1.807, 2.05) is 0 Å². The first-order valence-electron chi connectivity index (χ1n) is 5.67. The highest BCUT2D eigenvalue weighted by Gasteiger charge is 2.05. The molecule has 0 fully saturated rings. The van der Waals surface area contributed by atoms with E-state index in [9.17, 15) is 13.2 Å². The zero-order valence-corrected chi connectivity index (χ0v) is 11.7. The molecular formula is C13H15N3O4S. The number of hydrogen-bond acceptors (Lipinski definition) is 5. The lowest BCUT2D eigenvalue weighted by atomic mass is 10.2. The third-order valence-electron chi connectivity index (χ3n) is 2.37. The van der Waals surface area contributed by atoms with Gasteiger partial charge in [0.2, 0.25) is 10.0 Å². The second-order valence-corrected chi connectivity index (χ2v) is 5.60. The third-order valence-corrected chi connectivity index (χ3v) is 3.30. The van der Waals surface area contributed by atoms with Crippen LogP contribution >= 0.6 is 0 Å². The second-order valence-electron chi connectivity index (χ2n) is 4.04. The average molecular weight is 309 g/mol. The topological polar surface area (TPSA) is 150 Å². The van der Waals surface area contributed by atoms with Crippen molar-refractivity contribution < 1.29 is 18.3 Å². The van der Waals surface area contributed by atoms with Gasteiger partial charge < -0.3 is 16.6 Å². The molecule has 0 aromatic heterocycles. The highest BCUT2D eigenvalue weighted by molar-refractivity contribution is 7.89. The third kappa shape index (κ3) is 5.51. The van der Waals surface area contributed by atoms with Gasteiger partial charge in [-0.3, -0.25) is 0 Å². The summed E-state index contributed by atoms with van der Waals surface area (Å²) >= 11 is 0. The summed E-state index contributed by atoms with van der Waals surface area (Å²) in [6, 6.07) is 11.8. The van der Waals surface area contributed by atoms with Crippen molar-refractivity contribution in [1.29, 1.82) is 0 Å². The molecule has 2 rings (SSSR count). The Morgan fingerprint density at radius 1 is 0.857 bits per heavy atom. The van der Waals surface area contributed by atoms with E-state index in [2.05, 4.69) is 0 Å². The van der Waals surface area contributed by atoms with Crippen LogP contribution in [0.2, 0.25) is 0 Å². The minimum atomic E-state index is -3.58. The van der Waals surface area contributed by atoms with E-state index >= 15 is 0 Å². The number of primary sulfonamides is 1. The van der Waals surface area contributed by atoms with Gasteiger partial charge in [0, 0.05) is 11.4 Å². The van der Waals surface area contributed by atoms with Crippen LogP contribution in [0.5, 0.6) is 0 Å². The molecular weight excluding hydrogens is 294 g/mol. The molecule has 0 aliphatic rings. The zero-order chi connectivity index (χ0) is 16.0. The summed E-state index contributed by atoms with van der Waals surface area (Å²) in [7, 11) is -3.58. The van der Waals surface area contributed by atoms with Crippen LogP contribution in [0, 0.1) is 0 Å². The predicted molar refractivity (Wildman–Crippen MR) is 80.0 cm³/mol. The average Bonchev–Trinajstić information content (AvgIpc) is 2.39. The normalized spacial score (nSPS) is 10.3. The van der Waals surface area contributed by atoms with Crippen molar-refractivity contribution in [2.75, 3.05) is 11.5 Å². The highest BCUT2D eigenvalue weighted by Crippen LogP contribution is 2.08. The number of carbonyl (C=O) groups is 1. The van der Waals surface area contributed by atoms with Gasteiger partial charge in [0.25, 0.3) is 0 Å². The summed E-state index contributed by atoms with van der Waals surface area (Å²) in [5.41, 5.74) is 12.0. The first kappa shape index (κ1) is 16.5. The lowest BCUT2D eigenvalue weighted by Gasteiger charge is -1.96. The summed E-state index contributed by atoms with van der Waals surface area (Å²) in [5.74, 6) is -0.931. The number of carboxylic acid groups (broad SMARTS) is 1. The number of aromatic carboxylic acids is 1. The molecule has 0 aliphatic heterocycles. The number of benzene rings is 2. The van der Waals surface area contributed by atoms with Crippen molar-refractivity contribution in [3.8, 4) is 0 Å². The minimum absolute atomic E-state index is 0.0756. The van der Waals surface area contributed by atoms with E-state index < -0.39 is 16.0 Å². The maximum absolute atomic E-state index is 10.7. The van der Waals surface area contributed by atoms with Gasteiger partial charge in [0.15, 0.2) is 0 Å². The Hall–Kier alpha value is -2.58. The standard InChI is InChI=1S/C7H7NO2.C6H8N2O2S/c8-6-3-1-5(2-4-6)7(9)10;7-5-1-3-6(4-2-5)11(8,9)10/h1-4H,8H2,(H,9,10);1-4H,7H2,(H2,8,9,10). The summed E-state index contributed by atoms with van der Waals surface area (Å²) in [5, 5.41) is 13.3. The van der Waals surface area contributed by atoms with Crippen molar-refractivity contribution in [1.82, 2.24) is 0 Å². The van der Waals surface area contributed by atoms with Crippen molar-refractivity contribution >= 4 is 27.4 Å². The van der Waals surface area contributed by atoms with Crippen LogP contribution in [0.4, 0.5) is 11.4 Å². The van der Waals surface area contributed by atoms with E-state index in [-0.39, 0.29) is 10.5 Å². The van der Waals surface area contributed by atoms with E-state index in [0.29, 0.717) is 11.4 Å². The lowest BCUT2D eigenvalue weighted by molar-refractivity contribution is 0.0697. The maximum atomic E-state index is 10.7. The minimum Gasteiger partial charge on any atom is -0.478 e. The van der Waals surface area contributed by atoms with Crippen molar-refractivity contribution in [2.45, 2.75) is 4.90 Å². The Labute approximate surface area is 122 Å². The summed E-state index contributed by atoms with van der Waals surface area (Å²) in [6.45, 7) is 0. The van der Waals surface area contributed by atoms with Crippen molar-refractivity contribution in [3.05, 3.63) is 54.1 Å². The number of anilines is 2. The van der Waals surface area contributed by atoms with Gasteiger partial charge in [-0.25, -0.2) is 18.4 Å². The monoisotopic (exact) mass is 309 g/mol. The van der Waals surface area contributed by atoms with Crippen LogP contribution in [0.25, 0.3) is 0 Å². The summed E-state index contributed by atoms with van der Waals surface area (Å²) in [4.78, 5) is 10.3. The molecule has 2 aromatic rings. The Kier molecular flexibility index (Phi) is 5.28. The van der Waals surface area contributed by atoms with E-state index in [4.69, 9.17) is 21.7 Å². The predicted octanol–water partition coefficient (Wildman–Crippen LogP) is 0.883. The molecule has 0 aliphatic carbocycles. The molecule has 0 amide bonds. The van der Waals surface area contributed by atoms with Gasteiger partial charge in [0.1, 0.15) is 0 Å². The smallest absolute Gasteiger partial charge is 0.335 e. The van der Waals surface area contributed by atoms with Gasteiger partial charge in [-0.2, -0.15) is 0 Å². The molecule has 0 radical (unpaired) electrons. The van der Waals surface area contributed by atoms with Gasteiger partial charge in [-0.1, -0.05) is 0 Å². The molecule has 2 aromatic carbocycles. The van der Waals surface area contributed by atoms with Crippen LogP contribution in [0.15, 0.2) is 53.4 Å². The largest absolute Gasteiger partial charge is 0.478 e. The molecule has 0 bridgehead atoms. The van der Waals surface area contributed by atoms with E-state index in [1.165, 1.54) is 36.4 Å². The number of nitrogens with two attached hydrogens (primary N) is 3. The van der Waals surface area contributed by atoms with Gasteiger partial charge in [-0.05, 0) is 48.5 Å². The maximum Gasteiger partial charge on any atom is 0.335 e. The molecule has 7 nitrogen and oxygen atoms in total. The molecule has 0 heterocycles. The Bertz CT molecular complexity index is 710. The number of rotatable bonds is 2. The van der Waals surface area contributed by atoms with E-state index in [0.717, 1.165) is 0 Å². The highest BCUT2D eigenvalue weighted by atomic mass is 32.2. The molecule has 0 atom stereocenters. The lowest BCUT2D eigenvalue weighted by Crippen LogP contribution is -2.11. The quantitative estimate of drug-likeness (QED) is 0.605. The van der Waals surface area contributed by atoms with Gasteiger partial charge in [-0.15, -0.1) is 0 Å². The first-order chi connectivity index (χ1) is 9.70. The van der Waals surface area contributed by atoms with Crippen LogP contribution in [-0.2, 0) is 10.0 Å². The number of nitrogen functional groups attached to an aromatic ring is 2. The van der Waals surface area contributed by atoms with Crippen molar-refractivity contribution in [3.63, 3.8) is 0 Å². The van der Waals surface area contributed by atoms with Gasteiger partial charge >= 0.3 is 5.97 Å². The van der Waals surface area contributed by atoms with Crippen LogP contribution in [-0.4, -0.2) is 19.5 Å². The zero-order valence-electron chi connectivity index (χ0n) is 10.9.